The lowest BCUT2D eigenvalue weighted by Crippen LogP contribution is -2.30. The first-order chi connectivity index (χ1) is 10.0. The van der Waals surface area contributed by atoms with Crippen LogP contribution < -0.4 is 10.1 Å². The van der Waals surface area contributed by atoms with Gasteiger partial charge in [-0.25, -0.2) is 8.78 Å². The van der Waals surface area contributed by atoms with Gasteiger partial charge in [-0.05, 0) is 32.0 Å². The third-order valence-corrected chi connectivity index (χ3v) is 3.07. The van der Waals surface area contributed by atoms with Gasteiger partial charge in [0.25, 0.3) is 0 Å². The fourth-order valence-electron chi connectivity index (χ4n) is 2.13. The summed E-state index contributed by atoms with van der Waals surface area (Å²) in [5, 5.41) is 3.24. The lowest BCUT2D eigenvalue weighted by atomic mass is 10.0. The average Bonchev–Trinajstić information content (AvgIpc) is 2.46. The van der Waals surface area contributed by atoms with Crippen LogP contribution in [0.25, 0.3) is 0 Å². The van der Waals surface area contributed by atoms with Gasteiger partial charge in [0, 0.05) is 11.6 Å². The van der Waals surface area contributed by atoms with E-state index in [9.17, 15) is 8.78 Å². The quantitative estimate of drug-likeness (QED) is 0.916. The van der Waals surface area contributed by atoms with Crippen LogP contribution in [0, 0.1) is 11.6 Å². The van der Waals surface area contributed by atoms with Crippen molar-refractivity contribution in [2.75, 3.05) is 7.11 Å². The molecule has 1 N–H and O–H groups in total. The number of halogens is 2. The van der Waals surface area contributed by atoms with Crippen LogP contribution in [-0.2, 0) is 0 Å². The number of pyridine rings is 1. The topological polar surface area (TPSA) is 34.1 Å². The highest BCUT2D eigenvalue weighted by Crippen LogP contribution is 2.28. The Kier molecular flexibility index (Phi) is 4.85. The molecule has 112 valence electrons. The number of benzene rings is 1. The maximum atomic E-state index is 14.5. The van der Waals surface area contributed by atoms with Crippen molar-refractivity contribution in [3.05, 3.63) is 59.4 Å². The first-order valence-corrected chi connectivity index (χ1v) is 6.72. The summed E-state index contributed by atoms with van der Waals surface area (Å²) >= 11 is 0. The van der Waals surface area contributed by atoms with Gasteiger partial charge in [-0.3, -0.25) is 4.98 Å². The minimum atomic E-state index is -0.472. The Hall–Kier alpha value is -2.01. The molecule has 0 saturated heterocycles. The molecule has 1 aromatic carbocycles. The molecule has 1 heterocycles. The number of nitrogens with one attached hydrogen (secondary N) is 1. The molecule has 0 amide bonds. The Bertz CT molecular complexity index is 600. The number of nitrogens with zero attached hydrogens (tertiary/aromatic N) is 1. The van der Waals surface area contributed by atoms with Crippen LogP contribution in [0.3, 0.4) is 0 Å². The van der Waals surface area contributed by atoms with Crippen molar-refractivity contribution in [2.24, 2.45) is 0 Å². The summed E-state index contributed by atoms with van der Waals surface area (Å²) in [7, 11) is 1.42. The fourth-order valence-corrected chi connectivity index (χ4v) is 2.13. The van der Waals surface area contributed by atoms with Crippen molar-refractivity contribution in [1.29, 1.82) is 0 Å². The van der Waals surface area contributed by atoms with E-state index in [0.717, 1.165) is 6.20 Å². The standard InChI is InChI=1S/C16H18F2N2O/c1-10(2)20-16(13-8-7-11(17)9-19-13)12-5-4-6-14(21-3)15(12)18/h4-10,16,20H,1-3H3. The Balaban J connectivity index is 2.47. The average molecular weight is 292 g/mol. The zero-order valence-electron chi connectivity index (χ0n) is 12.2. The maximum Gasteiger partial charge on any atom is 0.170 e. The maximum absolute atomic E-state index is 14.5. The van der Waals surface area contributed by atoms with Crippen molar-refractivity contribution >= 4 is 0 Å². The Morgan fingerprint density at radius 2 is 1.90 bits per heavy atom. The molecule has 1 unspecified atom stereocenters. The van der Waals surface area contributed by atoms with Gasteiger partial charge in [-0.1, -0.05) is 12.1 Å². The number of hydrogen-bond acceptors (Lipinski definition) is 3. The first kappa shape index (κ1) is 15.4. The van der Waals surface area contributed by atoms with Gasteiger partial charge in [0.15, 0.2) is 11.6 Å². The number of ether oxygens (including phenoxy) is 1. The van der Waals surface area contributed by atoms with Crippen LogP contribution in [0.5, 0.6) is 5.75 Å². The monoisotopic (exact) mass is 292 g/mol. The van der Waals surface area contributed by atoms with Crippen LogP contribution in [0.2, 0.25) is 0 Å². The predicted molar refractivity (Wildman–Crippen MR) is 77.3 cm³/mol. The second-order valence-corrected chi connectivity index (χ2v) is 5.02. The van der Waals surface area contributed by atoms with Crippen LogP contribution in [0.15, 0.2) is 36.5 Å². The van der Waals surface area contributed by atoms with Gasteiger partial charge in [-0.2, -0.15) is 0 Å². The fraction of sp³-hybridized carbons (Fsp3) is 0.312. The van der Waals surface area contributed by atoms with Crippen molar-refractivity contribution < 1.29 is 13.5 Å². The highest BCUT2D eigenvalue weighted by atomic mass is 19.1. The van der Waals surface area contributed by atoms with E-state index >= 15 is 0 Å². The second kappa shape index (κ2) is 6.63. The Labute approximate surface area is 123 Å². The molecule has 0 spiro atoms. The number of rotatable bonds is 5. The molecule has 2 aromatic rings. The molecule has 0 radical (unpaired) electrons. The molecule has 2 rings (SSSR count). The van der Waals surface area contributed by atoms with Crippen molar-refractivity contribution in [3.8, 4) is 5.75 Å². The molecule has 0 bridgehead atoms. The molecular weight excluding hydrogens is 274 g/mol. The van der Waals surface area contributed by atoms with E-state index in [1.54, 1.807) is 24.3 Å². The molecule has 1 atom stereocenters. The molecule has 5 heteroatoms. The SMILES string of the molecule is COc1cccc(C(NC(C)C)c2ccc(F)cn2)c1F. The van der Waals surface area contributed by atoms with E-state index in [2.05, 4.69) is 10.3 Å². The predicted octanol–water partition coefficient (Wildman–Crippen LogP) is 3.46. The molecule has 0 aliphatic heterocycles. The van der Waals surface area contributed by atoms with Gasteiger partial charge in [-0.15, -0.1) is 0 Å². The van der Waals surface area contributed by atoms with Gasteiger partial charge in [0.1, 0.15) is 5.82 Å². The summed E-state index contributed by atoms with van der Waals surface area (Å²) in [5.41, 5.74) is 0.972. The van der Waals surface area contributed by atoms with E-state index in [0.29, 0.717) is 11.3 Å². The van der Waals surface area contributed by atoms with E-state index < -0.39 is 17.7 Å². The molecule has 1 aromatic heterocycles. The minimum Gasteiger partial charge on any atom is -0.494 e. The summed E-state index contributed by atoms with van der Waals surface area (Å²) in [6, 6.07) is 7.44. The third kappa shape index (κ3) is 3.55. The smallest absolute Gasteiger partial charge is 0.170 e. The van der Waals surface area contributed by atoms with E-state index in [-0.39, 0.29) is 11.8 Å². The molecule has 3 nitrogen and oxygen atoms in total. The summed E-state index contributed by atoms with van der Waals surface area (Å²) in [5.74, 6) is -0.692. The van der Waals surface area contributed by atoms with Gasteiger partial charge in [0.2, 0.25) is 0 Å². The molecule has 0 aliphatic carbocycles. The second-order valence-electron chi connectivity index (χ2n) is 5.02. The zero-order valence-corrected chi connectivity index (χ0v) is 12.2. The highest BCUT2D eigenvalue weighted by Gasteiger charge is 2.22. The van der Waals surface area contributed by atoms with Crippen LogP contribution in [0.1, 0.15) is 31.1 Å². The van der Waals surface area contributed by atoms with Crippen molar-refractivity contribution in [2.45, 2.75) is 25.9 Å². The lowest BCUT2D eigenvalue weighted by molar-refractivity contribution is 0.380. The molecular formula is C16H18F2N2O. The molecule has 21 heavy (non-hydrogen) atoms. The van der Waals surface area contributed by atoms with Crippen molar-refractivity contribution in [1.82, 2.24) is 10.3 Å². The van der Waals surface area contributed by atoms with E-state index in [1.807, 2.05) is 13.8 Å². The number of hydrogen-bond donors (Lipinski definition) is 1. The van der Waals surface area contributed by atoms with Gasteiger partial charge < -0.3 is 10.1 Å². The van der Waals surface area contributed by atoms with Gasteiger partial charge in [0.05, 0.1) is 25.0 Å². The summed E-state index contributed by atoms with van der Waals surface area (Å²) in [6.45, 7) is 3.91. The summed E-state index contributed by atoms with van der Waals surface area (Å²) in [6.07, 6.45) is 1.13. The zero-order chi connectivity index (χ0) is 15.4. The largest absolute Gasteiger partial charge is 0.494 e. The molecule has 0 fully saturated rings. The first-order valence-electron chi connectivity index (χ1n) is 6.72. The highest BCUT2D eigenvalue weighted by molar-refractivity contribution is 5.36. The Morgan fingerprint density at radius 3 is 2.48 bits per heavy atom. The lowest BCUT2D eigenvalue weighted by Gasteiger charge is -2.22. The number of aromatic nitrogens is 1. The number of methoxy groups -OCH3 is 1. The normalized spacial score (nSPS) is 12.5. The van der Waals surface area contributed by atoms with Crippen LogP contribution >= 0.6 is 0 Å². The van der Waals surface area contributed by atoms with Crippen LogP contribution in [0.4, 0.5) is 8.78 Å². The Morgan fingerprint density at radius 1 is 1.14 bits per heavy atom. The van der Waals surface area contributed by atoms with Crippen molar-refractivity contribution in [3.63, 3.8) is 0 Å². The third-order valence-electron chi connectivity index (χ3n) is 3.07. The van der Waals surface area contributed by atoms with Crippen LogP contribution in [-0.4, -0.2) is 18.1 Å². The molecule has 0 aliphatic rings. The summed E-state index contributed by atoms with van der Waals surface area (Å²) < 4.78 is 32.5. The van der Waals surface area contributed by atoms with E-state index in [4.69, 9.17) is 4.74 Å². The molecule has 0 saturated carbocycles. The van der Waals surface area contributed by atoms with E-state index in [1.165, 1.54) is 13.2 Å². The minimum absolute atomic E-state index is 0.104. The summed E-state index contributed by atoms with van der Waals surface area (Å²) in [4.78, 5) is 4.06. The van der Waals surface area contributed by atoms with Gasteiger partial charge >= 0.3 is 0 Å².